The van der Waals surface area contributed by atoms with Crippen LogP contribution >= 0.6 is 11.6 Å². The van der Waals surface area contributed by atoms with Gasteiger partial charge in [-0.15, -0.1) is 0 Å². The summed E-state index contributed by atoms with van der Waals surface area (Å²) in [6.45, 7) is 5.72. The second-order valence-corrected chi connectivity index (χ2v) is 5.12. The van der Waals surface area contributed by atoms with Crippen LogP contribution in [-0.4, -0.2) is 23.7 Å². The number of nitrogens with one attached hydrogen (secondary N) is 1. The fourth-order valence-corrected chi connectivity index (χ4v) is 1.81. The zero-order valence-electron chi connectivity index (χ0n) is 11.4. The van der Waals surface area contributed by atoms with Gasteiger partial charge in [-0.3, -0.25) is 4.79 Å². The SMILES string of the molecule is CC(C)NC(=O)CCOc1ccc(Cl)cc1[C@@H](C)O. The first-order valence-corrected chi connectivity index (χ1v) is 6.67. The quantitative estimate of drug-likeness (QED) is 0.845. The van der Waals surface area contributed by atoms with E-state index in [4.69, 9.17) is 16.3 Å². The number of hydrogen-bond donors (Lipinski definition) is 2. The van der Waals surface area contributed by atoms with E-state index in [9.17, 15) is 9.90 Å². The van der Waals surface area contributed by atoms with Gasteiger partial charge in [-0.2, -0.15) is 0 Å². The molecule has 0 aromatic heterocycles. The number of halogens is 1. The number of aliphatic hydroxyl groups excluding tert-OH is 1. The van der Waals surface area contributed by atoms with Crippen molar-refractivity contribution < 1.29 is 14.6 Å². The fourth-order valence-electron chi connectivity index (χ4n) is 1.63. The van der Waals surface area contributed by atoms with Gasteiger partial charge in [-0.1, -0.05) is 11.6 Å². The molecule has 0 bridgehead atoms. The average molecular weight is 286 g/mol. The molecule has 1 amide bonds. The molecule has 1 aromatic carbocycles. The van der Waals surface area contributed by atoms with Crippen molar-refractivity contribution in [2.24, 2.45) is 0 Å². The third-order valence-electron chi connectivity index (χ3n) is 2.46. The van der Waals surface area contributed by atoms with Crippen molar-refractivity contribution in [3.05, 3.63) is 28.8 Å². The van der Waals surface area contributed by atoms with E-state index in [0.29, 0.717) is 16.3 Å². The van der Waals surface area contributed by atoms with Gasteiger partial charge in [-0.05, 0) is 39.0 Å². The lowest BCUT2D eigenvalue weighted by Gasteiger charge is -2.14. The van der Waals surface area contributed by atoms with Crippen molar-refractivity contribution in [3.8, 4) is 5.75 Å². The maximum Gasteiger partial charge on any atom is 0.223 e. The average Bonchev–Trinajstić information content (AvgIpc) is 2.29. The van der Waals surface area contributed by atoms with Gasteiger partial charge in [0, 0.05) is 16.6 Å². The van der Waals surface area contributed by atoms with Gasteiger partial charge in [0.1, 0.15) is 5.75 Å². The Kier molecular flexibility index (Phi) is 6.12. The summed E-state index contributed by atoms with van der Waals surface area (Å²) < 4.78 is 5.53. The van der Waals surface area contributed by atoms with Crippen LogP contribution in [0.15, 0.2) is 18.2 Å². The molecule has 0 unspecified atom stereocenters. The Balaban J connectivity index is 2.56. The molecular formula is C14H20ClNO3. The van der Waals surface area contributed by atoms with Gasteiger partial charge in [0.25, 0.3) is 0 Å². The Hall–Kier alpha value is -1.26. The molecule has 1 rings (SSSR count). The molecule has 5 heteroatoms. The molecule has 1 aromatic rings. The minimum atomic E-state index is -0.668. The van der Waals surface area contributed by atoms with Crippen molar-refractivity contribution in [1.82, 2.24) is 5.32 Å². The summed E-state index contributed by atoms with van der Waals surface area (Å²) in [4.78, 5) is 11.5. The van der Waals surface area contributed by atoms with Crippen molar-refractivity contribution in [2.45, 2.75) is 39.3 Å². The van der Waals surface area contributed by atoms with Gasteiger partial charge in [0.15, 0.2) is 0 Å². The number of carbonyl (C=O) groups excluding carboxylic acids is 1. The van der Waals surface area contributed by atoms with E-state index in [1.807, 2.05) is 13.8 Å². The van der Waals surface area contributed by atoms with Crippen LogP contribution in [0.3, 0.4) is 0 Å². The molecule has 0 heterocycles. The van der Waals surface area contributed by atoms with E-state index < -0.39 is 6.10 Å². The summed E-state index contributed by atoms with van der Waals surface area (Å²) in [6, 6.07) is 5.17. The highest BCUT2D eigenvalue weighted by molar-refractivity contribution is 6.30. The number of amides is 1. The molecule has 0 saturated heterocycles. The number of ether oxygens (including phenoxy) is 1. The number of carbonyl (C=O) groups is 1. The number of rotatable bonds is 6. The van der Waals surface area contributed by atoms with E-state index in [0.717, 1.165) is 0 Å². The molecule has 19 heavy (non-hydrogen) atoms. The van der Waals surface area contributed by atoms with Crippen LogP contribution in [0.25, 0.3) is 0 Å². The molecule has 0 aliphatic rings. The van der Waals surface area contributed by atoms with Gasteiger partial charge in [0.2, 0.25) is 5.91 Å². The van der Waals surface area contributed by atoms with Crippen molar-refractivity contribution in [2.75, 3.05) is 6.61 Å². The Morgan fingerprint density at radius 2 is 2.11 bits per heavy atom. The first-order chi connectivity index (χ1) is 8.90. The topological polar surface area (TPSA) is 58.6 Å². The molecule has 0 fully saturated rings. The highest BCUT2D eigenvalue weighted by Crippen LogP contribution is 2.28. The van der Waals surface area contributed by atoms with Gasteiger partial charge < -0.3 is 15.2 Å². The maximum absolute atomic E-state index is 11.5. The maximum atomic E-state index is 11.5. The minimum Gasteiger partial charge on any atom is -0.493 e. The van der Waals surface area contributed by atoms with Crippen LogP contribution in [0.2, 0.25) is 5.02 Å². The molecule has 0 aliphatic heterocycles. The van der Waals surface area contributed by atoms with Crippen molar-refractivity contribution in [3.63, 3.8) is 0 Å². The highest BCUT2D eigenvalue weighted by atomic mass is 35.5. The van der Waals surface area contributed by atoms with Crippen molar-refractivity contribution >= 4 is 17.5 Å². The van der Waals surface area contributed by atoms with E-state index in [-0.39, 0.29) is 25.0 Å². The molecule has 0 spiro atoms. The number of benzene rings is 1. The second kappa shape index (κ2) is 7.36. The van der Waals surface area contributed by atoms with E-state index in [1.165, 1.54) is 0 Å². The monoisotopic (exact) mass is 285 g/mol. The molecule has 1 atom stereocenters. The standard InChI is InChI=1S/C14H20ClNO3/c1-9(2)16-14(18)6-7-19-13-5-4-11(15)8-12(13)10(3)17/h4-5,8-10,17H,6-7H2,1-3H3,(H,16,18)/t10-/m1/s1. The Labute approximate surface area is 118 Å². The lowest BCUT2D eigenvalue weighted by atomic mass is 10.1. The minimum absolute atomic E-state index is 0.0532. The Morgan fingerprint density at radius 3 is 2.68 bits per heavy atom. The van der Waals surface area contributed by atoms with E-state index in [1.54, 1.807) is 25.1 Å². The predicted octanol–water partition coefficient (Wildman–Crippen LogP) is 2.69. The van der Waals surface area contributed by atoms with Crippen LogP contribution in [-0.2, 0) is 4.79 Å². The van der Waals surface area contributed by atoms with Crippen LogP contribution in [0.4, 0.5) is 0 Å². The highest BCUT2D eigenvalue weighted by Gasteiger charge is 2.11. The zero-order chi connectivity index (χ0) is 14.4. The molecule has 0 aliphatic carbocycles. The summed E-state index contributed by atoms with van der Waals surface area (Å²) >= 11 is 5.87. The molecule has 0 radical (unpaired) electrons. The largest absolute Gasteiger partial charge is 0.493 e. The Bertz CT molecular complexity index is 433. The number of hydrogen-bond acceptors (Lipinski definition) is 3. The third kappa shape index (κ3) is 5.49. The normalized spacial score (nSPS) is 12.3. The van der Waals surface area contributed by atoms with Gasteiger partial charge in [-0.25, -0.2) is 0 Å². The molecule has 2 N–H and O–H groups in total. The fraction of sp³-hybridized carbons (Fsp3) is 0.500. The molecule has 0 saturated carbocycles. The first-order valence-electron chi connectivity index (χ1n) is 6.30. The zero-order valence-corrected chi connectivity index (χ0v) is 12.2. The summed E-state index contributed by atoms with van der Waals surface area (Å²) in [6.07, 6.45) is -0.391. The molecule has 106 valence electrons. The summed E-state index contributed by atoms with van der Waals surface area (Å²) in [5.41, 5.74) is 0.622. The lowest BCUT2D eigenvalue weighted by Crippen LogP contribution is -2.31. The van der Waals surface area contributed by atoms with Crippen molar-refractivity contribution in [1.29, 1.82) is 0 Å². The van der Waals surface area contributed by atoms with Gasteiger partial charge >= 0.3 is 0 Å². The summed E-state index contributed by atoms with van der Waals surface area (Å²) in [5.74, 6) is 0.499. The third-order valence-corrected chi connectivity index (χ3v) is 2.69. The lowest BCUT2D eigenvalue weighted by molar-refractivity contribution is -0.122. The molecular weight excluding hydrogens is 266 g/mol. The van der Waals surface area contributed by atoms with Gasteiger partial charge in [0.05, 0.1) is 19.1 Å². The predicted molar refractivity (Wildman–Crippen MR) is 75.5 cm³/mol. The van der Waals surface area contributed by atoms with E-state index in [2.05, 4.69) is 5.32 Å². The summed E-state index contributed by atoms with van der Waals surface area (Å²) in [7, 11) is 0. The summed E-state index contributed by atoms with van der Waals surface area (Å²) in [5, 5.41) is 13.0. The van der Waals surface area contributed by atoms with E-state index >= 15 is 0 Å². The first kappa shape index (κ1) is 15.8. The Morgan fingerprint density at radius 1 is 1.42 bits per heavy atom. The molecule has 4 nitrogen and oxygen atoms in total. The second-order valence-electron chi connectivity index (χ2n) is 4.68. The van der Waals surface area contributed by atoms with Crippen LogP contribution in [0.1, 0.15) is 38.9 Å². The van der Waals surface area contributed by atoms with Crippen LogP contribution in [0, 0.1) is 0 Å². The van der Waals surface area contributed by atoms with Crippen LogP contribution in [0.5, 0.6) is 5.75 Å². The van der Waals surface area contributed by atoms with Crippen LogP contribution < -0.4 is 10.1 Å². The number of aliphatic hydroxyl groups is 1. The smallest absolute Gasteiger partial charge is 0.223 e.